The lowest BCUT2D eigenvalue weighted by atomic mass is 9.78. The fraction of sp³-hybridized carbons (Fsp3) is 0.756. The third-order valence-corrected chi connectivity index (χ3v) is 12.5. The molecule has 13 atom stereocenters. The van der Waals surface area contributed by atoms with E-state index < -0.39 is 71.5 Å². The summed E-state index contributed by atoms with van der Waals surface area (Å²) in [6.07, 6.45) is -0.348. The number of hydrogen-bond donors (Lipinski definition) is 3. The number of nitrogen functional groups attached to an aromatic ring is 1. The van der Waals surface area contributed by atoms with Crippen molar-refractivity contribution in [3.05, 3.63) is 24.4 Å². The minimum Gasteiger partial charge on any atom is -0.458 e. The maximum absolute atomic E-state index is 14.3. The molecule has 5 rings (SSSR count). The van der Waals surface area contributed by atoms with Gasteiger partial charge in [0.05, 0.1) is 35.7 Å². The van der Waals surface area contributed by atoms with Crippen molar-refractivity contribution in [2.75, 3.05) is 40.0 Å². The van der Waals surface area contributed by atoms with E-state index in [0.717, 1.165) is 0 Å². The maximum atomic E-state index is 14.3. The zero-order valence-corrected chi connectivity index (χ0v) is 36.1. The Morgan fingerprint density at radius 1 is 1.05 bits per heavy atom. The molecule has 5 heterocycles. The number of aryl methyl sites for hydroxylation is 1. The molecular formula is C41H66N8O9. The normalized spacial score (nSPS) is 36.9. The Hall–Kier alpha value is -3.74. The predicted molar refractivity (Wildman–Crippen MR) is 215 cm³/mol. The summed E-state index contributed by atoms with van der Waals surface area (Å²) in [5, 5.41) is 23.5. The van der Waals surface area contributed by atoms with Crippen LogP contribution < -0.4 is 11.1 Å². The molecular weight excluding hydrogens is 748 g/mol. The summed E-state index contributed by atoms with van der Waals surface area (Å²) in [6, 6.07) is 4.28. The van der Waals surface area contributed by atoms with Crippen molar-refractivity contribution in [2.24, 2.45) is 17.8 Å². The van der Waals surface area contributed by atoms with Gasteiger partial charge in [0.15, 0.2) is 17.7 Å². The number of aliphatic hydroxyl groups excluding tert-OH is 1. The number of ether oxygens (including phenoxy) is 5. The number of pyridine rings is 1. The number of amides is 1. The fourth-order valence-corrected chi connectivity index (χ4v) is 8.95. The highest BCUT2D eigenvalue weighted by atomic mass is 16.7. The second-order valence-electron chi connectivity index (χ2n) is 17.4. The summed E-state index contributed by atoms with van der Waals surface area (Å²) < 4.78 is 32.9. The summed E-state index contributed by atoms with van der Waals surface area (Å²) in [5.74, 6) is -2.81. The van der Waals surface area contributed by atoms with Gasteiger partial charge in [-0.25, -0.2) is 9.78 Å². The van der Waals surface area contributed by atoms with E-state index in [-0.39, 0.29) is 24.1 Å². The Bertz CT molecular complexity index is 1730. The number of methoxy groups -OCH3 is 1. The highest BCUT2D eigenvalue weighted by molar-refractivity contribution is 6.00. The number of esters is 1. The topological polar surface area (TPSA) is 206 Å². The number of fused-ring (bicyclic) bond motifs is 1. The number of unbranched alkanes of at least 4 members (excludes halogenated alkanes) is 1. The molecule has 1 amide bonds. The van der Waals surface area contributed by atoms with Gasteiger partial charge in [0.25, 0.3) is 0 Å². The first-order valence-corrected chi connectivity index (χ1v) is 20.6. The monoisotopic (exact) mass is 814 g/mol. The van der Waals surface area contributed by atoms with E-state index in [4.69, 9.17) is 29.4 Å². The Balaban J connectivity index is 1.35. The summed E-state index contributed by atoms with van der Waals surface area (Å²) in [5.41, 5.74) is 4.80. The SMILES string of the molecule is CO[C@]1(C)C[C@@H](C)CN[C@H](C)[C@H]2N(CCCCn3cc(-c4cccc(N)n4)nn3)C(=O)O[C@]2(C)[C@@H](C)OC(=O)[C@H](C)C(=O)[C@H](C)[C@H]1O[C@@H]1O[C@H](C)CC(N(C)C)C1O. The van der Waals surface area contributed by atoms with Crippen molar-refractivity contribution in [2.45, 2.75) is 148 Å². The molecule has 0 bridgehead atoms. The van der Waals surface area contributed by atoms with Gasteiger partial charge >= 0.3 is 12.1 Å². The number of likely N-dealkylation sites (N-methyl/N-ethyl adjacent to an activating group) is 1. The van der Waals surface area contributed by atoms with Gasteiger partial charge in [-0.1, -0.05) is 25.1 Å². The molecule has 2 unspecified atom stereocenters. The Morgan fingerprint density at radius 3 is 2.43 bits per heavy atom. The highest BCUT2D eigenvalue weighted by Crippen LogP contribution is 2.39. The molecule has 3 aliphatic heterocycles. The molecule has 4 N–H and O–H groups in total. The van der Waals surface area contributed by atoms with E-state index >= 15 is 0 Å². The minimum atomic E-state index is -1.25. The molecule has 3 fully saturated rings. The molecule has 324 valence electrons. The van der Waals surface area contributed by atoms with Crippen molar-refractivity contribution in [1.82, 2.24) is 35.1 Å². The number of rotatable bonds is 10. The average Bonchev–Trinajstić information content (AvgIpc) is 3.75. The number of cyclic esters (lactones) is 1. The van der Waals surface area contributed by atoms with Crippen LogP contribution in [0.25, 0.3) is 11.4 Å². The summed E-state index contributed by atoms with van der Waals surface area (Å²) >= 11 is 0. The largest absolute Gasteiger partial charge is 0.458 e. The number of ketones is 1. The Labute approximate surface area is 342 Å². The van der Waals surface area contributed by atoms with Crippen LogP contribution in [0.2, 0.25) is 0 Å². The first-order chi connectivity index (χ1) is 27.3. The van der Waals surface area contributed by atoms with Crippen LogP contribution in [0, 0.1) is 17.8 Å². The smallest absolute Gasteiger partial charge is 0.410 e. The number of aliphatic hydroxyl groups is 1. The van der Waals surface area contributed by atoms with Crippen LogP contribution >= 0.6 is 0 Å². The van der Waals surface area contributed by atoms with Gasteiger partial charge in [-0.2, -0.15) is 0 Å². The minimum absolute atomic E-state index is 0.0165. The molecule has 17 nitrogen and oxygen atoms in total. The molecule has 0 saturated carbocycles. The molecule has 0 aliphatic carbocycles. The lowest BCUT2D eigenvalue weighted by molar-refractivity contribution is -0.295. The number of aromatic nitrogens is 4. The van der Waals surface area contributed by atoms with Gasteiger partial charge < -0.3 is 44.7 Å². The lowest BCUT2D eigenvalue weighted by Gasteiger charge is -2.46. The molecule has 58 heavy (non-hydrogen) atoms. The van der Waals surface area contributed by atoms with Crippen LogP contribution in [0.5, 0.6) is 0 Å². The standard InChI is InChI=1S/C41H66N8O9/c1-23-20-40(7,54-11)36(57-38-34(51)31(47(9)10)19-24(2)55-38)25(3)33(50)26(4)37(52)56-28(6)41(8)35(27(5)43-21-23)49(39(53)58-41)18-13-12-17-48-22-30(45-46-48)29-15-14-16-32(42)44-29/h14-16,22-28,31,34-36,38,43,51H,12-13,17-21H2,1-11H3,(H2,42,44)/t23-,24-,25+,26-,27-,28-,31?,34?,35-,36-,38+,40-,41-/m1/s1. The highest BCUT2D eigenvalue weighted by Gasteiger charge is 2.58. The van der Waals surface area contributed by atoms with E-state index in [1.807, 2.05) is 58.1 Å². The first-order valence-electron chi connectivity index (χ1n) is 20.6. The number of nitrogens with two attached hydrogens (primary N) is 1. The summed E-state index contributed by atoms with van der Waals surface area (Å²) in [4.78, 5) is 49.8. The van der Waals surface area contributed by atoms with Gasteiger partial charge in [0.2, 0.25) is 0 Å². The third kappa shape index (κ3) is 9.82. The van der Waals surface area contributed by atoms with Crippen LogP contribution in [0.3, 0.4) is 0 Å². The average molecular weight is 815 g/mol. The maximum Gasteiger partial charge on any atom is 0.410 e. The van der Waals surface area contributed by atoms with E-state index in [2.05, 4.69) is 27.5 Å². The molecule has 3 aliphatic rings. The van der Waals surface area contributed by atoms with E-state index in [0.29, 0.717) is 62.5 Å². The second-order valence-corrected chi connectivity index (χ2v) is 17.4. The molecule has 0 radical (unpaired) electrons. The zero-order chi connectivity index (χ0) is 42.7. The van der Waals surface area contributed by atoms with Crippen LogP contribution in [0.4, 0.5) is 10.6 Å². The number of nitrogens with one attached hydrogen (secondary N) is 1. The number of hydrogen-bond acceptors (Lipinski definition) is 15. The molecule has 2 aromatic rings. The van der Waals surface area contributed by atoms with Gasteiger partial charge in [-0.15, -0.1) is 5.10 Å². The van der Waals surface area contributed by atoms with Crippen LogP contribution in [0.15, 0.2) is 24.4 Å². The lowest BCUT2D eigenvalue weighted by Crippen LogP contribution is -2.60. The summed E-state index contributed by atoms with van der Waals surface area (Å²) in [7, 11) is 5.38. The van der Waals surface area contributed by atoms with E-state index in [9.17, 15) is 19.5 Å². The Morgan fingerprint density at radius 2 is 1.76 bits per heavy atom. The van der Waals surface area contributed by atoms with Crippen molar-refractivity contribution >= 4 is 23.7 Å². The fourth-order valence-electron chi connectivity index (χ4n) is 8.95. The number of nitrogens with zero attached hydrogens (tertiary/aromatic N) is 6. The second kappa shape index (κ2) is 18.7. The third-order valence-electron chi connectivity index (χ3n) is 12.5. The van der Waals surface area contributed by atoms with Crippen LogP contribution in [-0.4, -0.2) is 147 Å². The predicted octanol–water partition coefficient (Wildman–Crippen LogP) is 3.29. The van der Waals surface area contributed by atoms with Crippen LogP contribution in [0.1, 0.15) is 81.1 Å². The molecule has 17 heteroatoms. The summed E-state index contributed by atoms with van der Waals surface area (Å²) in [6.45, 7) is 16.1. The van der Waals surface area contributed by atoms with Gasteiger partial charge in [0, 0.05) is 38.2 Å². The first kappa shape index (κ1) is 45.3. The van der Waals surface area contributed by atoms with E-state index in [1.165, 1.54) is 6.92 Å². The van der Waals surface area contributed by atoms with Crippen molar-refractivity contribution in [3.8, 4) is 11.4 Å². The zero-order valence-electron chi connectivity index (χ0n) is 36.1. The number of carbonyl (C=O) groups excluding carboxylic acids is 3. The number of Topliss-reactive ketones (excluding diaryl/α,β-unsaturated/α-hetero) is 1. The van der Waals surface area contributed by atoms with Crippen molar-refractivity contribution in [1.29, 1.82) is 0 Å². The molecule has 2 aromatic heterocycles. The molecule has 0 spiro atoms. The molecule has 3 saturated heterocycles. The van der Waals surface area contributed by atoms with Crippen molar-refractivity contribution < 1.29 is 43.2 Å². The van der Waals surface area contributed by atoms with Gasteiger partial charge in [-0.05, 0) is 106 Å². The van der Waals surface area contributed by atoms with E-state index in [1.54, 1.807) is 43.5 Å². The quantitative estimate of drug-likeness (QED) is 0.179. The number of carbonyl (C=O) groups is 3. The van der Waals surface area contributed by atoms with Gasteiger partial charge in [-0.3, -0.25) is 19.2 Å². The van der Waals surface area contributed by atoms with Crippen LogP contribution in [-0.2, 0) is 39.8 Å². The molecule has 0 aromatic carbocycles. The Kier molecular flexibility index (Phi) is 14.6. The van der Waals surface area contributed by atoms with Crippen molar-refractivity contribution in [3.63, 3.8) is 0 Å². The van der Waals surface area contributed by atoms with Gasteiger partial charge in [0.1, 0.15) is 29.6 Å². The number of anilines is 1.